The van der Waals surface area contributed by atoms with Crippen LogP contribution in [0.1, 0.15) is 6.42 Å². The van der Waals surface area contributed by atoms with Gasteiger partial charge in [-0.05, 0) is 34.2 Å². The van der Waals surface area contributed by atoms with E-state index in [1.807, 2.05) is 0 Å². The standard InChI is InChI=1S/C16H42N3O2Si2/c1-17(2)12-15-20-22(6)21-16-14-19(4,5)13-10-11-18(3)23(7,8)9/h22H,10-16H2,1-9H3/q+1. The van der Waals surface area contributed by atoms with Crippen molar-refractivity contribution in [1.29, 1.82) is 0 Å². The summed E-state index contributed by atoms with van der Waals surface area (Å²) in [6.45, 7) is 15.4. The molecule has 0 saturated heterocycles. The van der Waals surface area contributed by atoms with E-state index in [9.17, 15) is 0 Å². The molecule has 0 aliphatic rings. The zero-order valence-corrected chi connectivity index (χ0v) is 19.3. The van der Waals surface area contributed by atoms with E-state index in [-0.39, 0.29) is 0 Å². The molecule has 0 radical (unpaired) electrons. The Kier molecular flexibility index (Phi) is 11.1. The van der Waals surface area contributed by atoms with Gasteiger partial charge in [0, 0.05) is 19.6 Å². The summed E-state index contributed by atoms with van der Waals surface area (Å²) in [5, 5.41) is 0. The van der Waals surface area contributed by atoms with Crippen LogP contribution in [0.4, 0.5) is 0 Å². The van der Waals surface area contributed by atoms with Crippen molar-refractivity contribution in [2.45, 2.75) is 32.6 Å². The third-order valence-electron chi connectivity index (χ3n) is 4.34. The van der Waals surface area contributed by atoms with Crippen molar-refractivity contribution in [3.63, 3.8) is 0 Å². The van der Waals surface area contributed by atoms with Gasteiger partial charge in [0.15, 0.2) is 0 Å². The van der Waals surface area contributed by atoms with Crippen LogP contribution in [0.5, 0.6) is 0 Å². The zero-order valence-electron chi connectivity index (χ0n) is 17.2. The van der Waals surface area contributed by atoms with Crippen LogP contribution in [-0.2, 0) is 8.85 Å². The molecule has 1 atom stereocenters. The zero-order chi connectivity index (χ0) is 18.1. The molecule has 5 nitrogen and oxygen atoms in total. The normalized spacial score (nSPS) is 14.7. The first kappa shape index (κ1) is 23.2. The lowest BCUT2D eigenvalue weighted by atomic mass is 10.3. The van der Waals surface area contributed by atoms with Crippen LogP contribution in [0.2, 0.25) is 26.2 Å². The van der Waals surface area contributed by atoms with Crippen LogP contribution in [0.25, 0.3) is 0 Å². The van der Waals surface area contributed by atoms with E-state index >= 15 is 0 Å². The fraction of sp³-hybridized carbons (Fsp3) is 1.00. The topological polar surface area (TPSA) is 24.9 Å². The van der Waals surface area contributed by atoms with Gasteiger partial charge in [0.25, 0.3) is 0 Å². The van der Waals surface area contributed by atoms with Gasteiger partial charge in [0.05, 0.1) is 27.2 Å². The van der Waals surface area contributed by atoms with Crippen LogP contribution in [0.15, 0.2) is 0 Å². The number of quaternary nitrogens is 1. The number of likely N-dealkylation sites (N-methyl/N-ethyl adjacent to an activating group) is 2. The second-order valence-corrected chi connectivity index (χ2v) is 15.3. The maximum Gasteiger partial charge on any atom is 0.318 e. The predicted octanol–water partition coefficient (Wildman–Crippen LogP) is 1.66. The first-order valence-electron chi connectivity index (χ1n) is 8.85. The van der Waals surface area contributed by atoms with E-state index in [0.717, 1.165) is 30.8 Å². The molecule has 0 N–H and O–H groups in total. The summed E-state index contributed by atoms with van der Waals surface area (Å²) < 4.78 is 15.3. The summed E-state index contributed by atoms with van der Waals surface area (Å²) in [6, 6.07) is 0. The molecule has 0 aliphatic heterocycles. The highest BCUT2D eigenvalue weighted by Crippen LogP contribution is 2.08. The van der Waals surface area contributed by atoms with E-state index in [1.54, 1.807) is 0 Å². The van der Waals surface area contributed by atoms with Crippen molar-refractivity contribution in [2.75, 3.05) is 74.6 Å². The molecule has 0 heterocycles. The van der Waals surface area contributed by atoms with Crippen LogP contribution >= 0.6 is 0 Å². The maximum absolute atomic E-state index is 5.92. The molecule has 23 heavy (non-hydrogen) atoms. The summed E-state index contributed by atoms with van der Waals surface area (Å²) >= 11 is 0. The van der Waals surface area contributed by atoms with Gasteiger partial charge in [-0.25, -0.2) is 0 Å². The lowest BCUT2D eigenvalue weighted by molar-refractivity contribution is -0.890. The summed E-state index contributed by atoms with van der Waals surface area (Å²) in [4.78, 5) is 2.14. The molecule has 1 unspecified atom stereocenters. The monoisotopic (exact) mass is 364 g/mol. The lowest BCUT2D eigenvalue weighted by Crippen LogP contribution is -2.47. The second-order valence-electron chi connectivity index (χ2n) is 8.44. The van der Waals surface area contributed by atoms with Crippen LogP contribution in [-0.4, -0.2) is 106 Å². The number of nitrogens with zero attached hydrogens (tertiary/aromatic N) is 3. The highest BCUT2D eigenvalue weighted by atomic mass is 28.3. The molecule has 7 heteroatoms. The number of hydrogen-bond acceptors (Lipinski definition) is 4. The lowest BCUT2D eigenvalue weighted by Gasteiger charge is -2.33. The van der Waals surface area contributed by atoms with Gasteiger partial charge in [-0.15, -0.1) is 0 Å². The van der Waals surface area contributed by atoms with E-state index in [0.29, 0.717) is 0 Å². The Morgan fingerprint density at radius 3 is 2.00 bits per heavy atom. The second kappa shape index (κ2) is 11.0. The first-order valence-corrected chi connectivity index (χ1v) is 14.4. The van der Waals surface area contributed by atoms with E-state index in [2.05, 4.69) is 70.9 Å². The molecule has 0 amide bonds. The minimum atomic E-state index is -1.46. The highest BCUT2D eigenvalue weighted by Gasteiger charge is 2.21. The largest absolute Gasteiger partial charge is 0.395 e. The minimum Gasteiger partial charge on any atom is -0.395 e. The number of hydrogen-bond donors (Lipinski definition) is 0. The molecule has 0 aliphatic carbocycles. The van der Waals surface area contributed by atoms with E-state index < -0.39 is 17.5 Å². The highest BCUT2D eigenvalue weighted by molar-refractivity contribution is 6.73. The smallest absolute Gasteiger partial charge is 0.318 e. The van der Waals surface area contributed by atoms with Crippen molar-refractivity contribution < 1.29 is 13.3 Å². The van der Waals surface area contributed by atoms with Gasteiger partial charge in [0.1, 0.15) is 14.8 Å². The molecule has 140 valence electrons. The van der Waals surface area contributed by atoms with Crippen LogP contribution < -0.4 is 0 Å². The van der Waals surface area contributed by atoms with Gasteiger partial charge in [-0.1, -0.05) is 19.6 Å². The molecular weight excluding hydrogens is 322 g/mol. The fourth-order valence-electron chi connectivity index (χ4n) is 2.10. The summed E-state index contributed by atoms with van der Waals surface area (Å²) in [5.74, 6) is 0. The molecule has 0 saturated carbocycles. The van der Waals surface area contributed by atoms with Crippen molar-refractivity contribution in [3.05, 3.63) is 0 Å². The SMILES string of the molecule is CN(C)CCO[SiH](C)OCC[N+](C)(C)CCCN(C)[Si](C)(C)C. The predicted molar refractivity (Wildman–Crippen MR) is 106 cm³/mol. The average Bonchev–Trinajstić information content (AvgIpc) is 2.36. The Hall–Kier alpha value is 0.234. The Balaban J connectivity index is 3.83. The molecule has 0 aromatic heterocycles. The van der Waals surface area contributed by atoms with Gasteiger partial charge in [-0.2, -0.15) is 0 Å². The Bertz CT molecular complexity index is 310. The molecule has 0 bridgehead atoms. The Labute approximate surface area is 148 Å². The molecule has 0 rings (SSSR count). The quantitative estimate of drug-likeness (QED) is 0.367. The van der Waals surface area contributed by atoms with Crippen molar-refractivity contribution in [2.24, 2.45) is 0 Å². The number of rotatable bonds is 13. The van der Waals surface area contributed by atoms with Crippen LogP contribution in [0.3, 0.4) is 0 Å². The van der Waals surface area contributed by atoms with Crippen molar-refractivity contribution in [3.8, 4) is 0 Å². The average molecular weight is 365 g/mol. The Morgan fingerprint density at radius 1 is 0.913 bits per heavy atom. The summed E-state index contributed by atoms with van der Waals surface area (Å²) in [6.07, 6.45) is 1.25. The van der Waals surface area contributed by atoms with Crippen molar-refractivity contribution >= 4 is 17.5 Å². The third-order valence-corrected chi connectivity index (χ3v) is 8.27. The summed E-state index contributed by atoms with van der Waals surface area (Å²) in [7, 11) is 8.42. The molecule has 0 aromatic rings. The van der Waals surface area contributed by atoms with Crippen molar-refractivity contribution in [1.82, 2.24) is 9.47 Å². The van der Waals surface area contributed by atoms with Gasteiger partial charge in [0.2, 0.25) is 0 Å². The van der Waals surface area contributed by atoms with Gasteiger partial charge in [-0.3, -0.25) is 0 Å². The van der Waals surface area contributed by atoms with E-state index in [1.165, 1.54) is 19.5 Å². The maximum atomic E-state index is 5.92. The molecule has 0 fully saturated rings. The van der Waals surface area contributed by atoms with Gasteiger partial charge >= 0.3 is 9.28 Å². The van der Waals surface area contributed by atoms with E-state index in [4.69, 9.17) is 8.85 Å². The third kappa shape index (κ3) is 13.2. The first-order chi connectivity index (χ1) is 10.4. The molecule has 0 aromatic carbocycles. The molecular formula is C16H42N3O2Si2+. The minimum absolute atomic E-state index is 0.779. The summed E-state index contributed by atoms with van der Waals surface area (Å²) in [5.41, 5.74) is 0. The fourth-order valence-corrected chi connectivity index (χ4v) is 3.90. The molecule has 0 spiro atoms. The van der Waals surface area contributed by atoms with Gasteiger partial charge < -0.3 is 22.8 Å². The Morgan fingerprint density at radius 2 is 1.48 bits per heavy atom. The van der Waals surface area contributed by atoms with Crippen LogP contribution in [0, 0.1) is 0 Å².